The minimum Gasteiger partial charge on any atom is -0.267 e. The third-order valence-corrected chi connectivity index (χ3v) is 4.98. The molecule has 1 heterocycles. The number of hydrogen-bond acceptors (Lipinski definition) is 8. The van der Waals surface area contributed by atoms with Crippen LogP contribution in [0.1, 0.15) is 0 Å². The van der Waals surface area contributed by atoms with Crippen molar-refractivity contribution in [2.45, 2.75) is 16.1 Å². The molecule has 1 aliphatic heterocycles. The fourth-order valence-electron chi connectivity index (χ4n) is 1.34. The number of halogens is 2. The lowest BCUT2D eigenvalue weighted by molar-refractivity contribution is -0.414. The maximum atomic E-state index is 12.9. The van der Waals surface area contributed by atoms with E-state index in [1.54, 1.807) is 0 Å². The van der Waals surface area contributed by atoms with Crippen molar-refractivity contribution in [3.63, 3.8) is 0 Å². The molecular formula is C9H8F2O8S2. The van der Waals surface area contributed by atoms with Crippen LogP contribution in [-0.2, 0) is 38.1 Å². The first-order valence-electron chi connectivity index (χ1n) is 5.18. The van der Waals surface area contributed by atoms with Gasteiger partial charge in [0, 0.05) is 0 Å². The molecule has 118 valence electrons. The van der Waals surface area contributed by atoms with Crippen molar-refractivity contribution in [2.24, 2.45) is 0 Å². The van der Waals surface area contributed by atoms with Gasteiger partial charge in [0.2, 0.25) is 0 Å². The molecule has 0 radical (unpaired) electrons. The van der Waals surface area contributed by atoms with Crippen molar-refractivity contribution in [3.05, 3.63) is 24.3 Å². The van der Waals surface area contributed by atoms with Gasteiger partial charge in [-0.15, -0.1) is 8.78 Å². The van der Waals surface area contributed by atoms with E-state index in [4.69, 9.17) is 0 Å². The van der Waals surface area contributed by atoms with Crippen molar-refractivity contribution in [1.82, 2.24) is 0 Å². The van der Waals surface area contributed by atoms with Gasteiger partial charge in [-0.25, -0.2) is 8.37 Å². The molecule has 0 N–H and O–H groups in total. The Morgan fingerprint density at radius 1 is 0.857 bits per heavy atom. The van der Waals surface area contributed by atoms with Gasteiger partial charge in [0.05, 0.1) is 0 Å². The van der Waals surface area contributed by atoms with E-state index in [9.17, 15) is 25.6 Å². The van der Waals surface area contributed by atoms with Gasteiger partial charge in [-0.1, -0.05) is 12.1 Å². The predicted molar refractivity (Wildman–Crippen MR) is 59.8 cm³/mol. The summed E-state index contributed by atoms with van der Waals surface area (Å²) in [5.41, 5.74) is 0. The molecule has 0 saturated carbocycles. The Hall–Kier alpha value is -1.18. The zero-order valence-corrected chi connectivity index (χ0v) is 11.7. The van der Waals surface area contributed by atoms with Crippen molar-refractivity contribution in [1.29, 1.82) is 0 Å². The number of alkyl halides is 2. The molecule has 21 heavy (non-hydrogen) atoms. The summed E-state index contributed by atoms with van der Waals surface area (Å²) in [6.07, 6.45) is -4.28. The van der Waals surface area contributed by atoms with E-state index in [1.807, 2.05) is 0 Å². The molecule has 0 fully saturated rings. The SMILES string of the molecule is O=S1(=O)OCOC(F)(F)OCOS(=O)(=O)c2ccccc21. The van der Waals surface area contributed by atoms with Crippen LogP contribution in [0, 0.1) is 0 Å². The summed E-state index contributed by atoms with van der Waals surface area (Å²) in [7, 11) is -9.30. The van der Waals surface area contributed by atoms with Crippen molar-refractivity contribution < 1.29 is 43.5 Å². The van der Waals surface area contributed by atoms with Gasteiger partial charge in [0.1, 0.15) is 9.79 Å². The Labute approximate surface area is 118 Å². The molecule has 0 aromatic heterocycles. The van der Waals surface area contributed by atoms with Gasteiger partial charge in [0.15, 0.2) is 13.6 Å². The van der Waals surface area contributed by atoms with Crippen molar-refractivity contribution in [2.75, 3.05) is 13.6 Å². The third kappa shape index (κ3) is 3.72. The van der Waals surface area contributed by atoms with Crippen LogP contribution in [-0.4, -0.2) is 36.7 Å². The highest BCUT2D eigenvalue weighted by molar-refractivity contribution is 7.90. The first-order valence-corrected chi connectivity index (χ1v) is 7.99. The van der Waals surface area contributed by atoms with Gasteiger partial charge in [0.25, 0.3) is 0 Å². The standard InChI is InChI=1S/C9H8F2O8S2/c10-9(11)16-5-18-20(12,13)7-3-1-2-4-8(7)21(14,15)19-6-17-9/h1-4H,5-6H2. The molecule has 0 unspecified atom stereocenters. The predicted octanol–water partition coefficient (Wildman–Crippen LogP) is 0.609. The second-order valence-corrected chi connectivity index (χ2v) is 6.75. The topological polar surface area (TPSA) is 105 Å². The summed E-state index contributed by atoms with van der Waals surface area (Å²) in [5.74, 6) is 0. The summed E-state index contributed by atoms with van der Waals surface area (Å²) in [6.45, 7) is -2.74. The minimum absolute atomic E-state index is 0.765. The van der Waals surface area contributed by atoms with E-state index in [-0.39, 0.29) is 0 Å². The molecule has 1 aliphatic rings. The Balaban J connectivity index is 2.53. The van der Waals surface area contributed by atoms with Gasteiger partial charge < -0.3 is 0 Å². The first-order chi connectivity index (χ1) is 9.64. The van der Waals surface area contributed by atoms with E-state index >= 15 is 0 Å². The summed E-state index contributed by atoms with van der Waals surface area (Å²) in [5, 5.41) is 0. The maximum Gasteiger partial charge on any atom is 0.489 e. The Bertz CT molecular complexity index is 667. The van der Waals surface area contributed by atoms with Crippen LogP contribution in [0.25, 0.3) is 0 Å². The third-order valence-electron chi connectivity index (χ3n) is 2.25. The van der Waals surface area contributed by atoms with E-state index < -0.39 is 49.9 Å². The maximum absolute atomic E-state index is 12.9. The normalized spacial score (nSPS) is 24.5. The molecule has 0 spiro atoms. The minimum atomic E-state index is -4.65. The summed E-state index contributed by atoms with van der Waals surface area (Å²) >= 11 is 0. The lowest BCUT2D eigenvalue weighted by Gasteiger charge is -2.14. The van der Waals surface area contributed by atoms with Gasteiger partial charge in [-0.05, 0) is 12.1 Å². The highest BCUT2D eigenvalue weighted by Crippen LogP contribution is 2.27. The molecule has 1 aromatic rings. The largest absolute Gasteiger partial charge is 0.489 e. The van der Waals surface area contributed by atoms with Crippen LogP contribution in [0.15, 0.2) is 34.1 Å². The first kappa shape index (κ1) is 16.2. The molecule has 0 amide bonds. The van der Waals surface area contributed by atoms with Gasteiger partial charge >= 0.3 is 26.5 Å². The number of fused-ring (bicyclic) bond motifs is 1. The number of rotatable bonds is 0. The van der Waals surface area contributed by atoms with Gasteiger partial charge in [-0.3, -0.25) is 9.47 Å². The fraction of sp³-hybridized carbons (Fsp3) is 0.333. The molecule has 2 rings (SSSR count). The van der Waals surface area contributed by atoms with Crippen LogP contribution < -0.4 is 0 Å². The van der Waals surface area contributed by atoms with Crippen LogP contribution >= 0.6 is 0 Å². The molecule has 8 nitrogen and oxygen atoms in total. The second-order valence-electron chi connectivity index (χ2n) is 3.58. The quantitative estimate of drug-likeness (QED) is 0.629. The molecule has 0 atom stereocenters. The smallest absolute Gasteiger partial charge is 0.267 e. The average Bonchev–Trinajstić information content (AvgIpc) is 2.38. The molecule has 0 aliphatic carbocycles. The zero-order valence-electron chi connectivity index (χ0n) is 10.1. The molecule has 0 bridgehead atoms. The Morgan fingerprint density at radius 2 is 1.24 bits per heavy atom. The van der Waals surface area contributed by atoms with Crippen molar-refractivity contribution in [3.8, 4) is 0 Å². The zero-order chi connectivity index (χ0) is 15.7. The van der Waals surface area contributed by atoms with E-state index in [2.05, 4.69) is 17.8 Å². The molecular weight excluding hydrogens is 338 g/mol. The summed E-state index contributed by atoms with van der Waals surface area (Å²) < 4.78 is 89.0. The Kier molecular flexibility index (Phi) is 4.28. The number of ether oxygens (including phenoxy) is 2. The molecule has 1 aromatic carbocycles. The average molecular weight is 346 g/mol. The van der Waals surface area contributed by atoms with Gasteiger partial charge in [-0.2, -0.15) is 16.8 Å². The molecule has 12 heteroatoms. The van der Waals surface area contributed by atoms with Crippen LogP contribution in [0.3, 0.4) is 0 Å². The van der Waals surface area contributed by atoms with E-state index in [0.29, 0.717) is 0 Å². The van der Waals surface area contributed by atoms with Crippen LogP contribution in [0.2, 0.25) is 0 Å². The number of benzene rings is 1. The van der Waals surface area contributed by atoms with E-state index in [0.717, 1.165) is 12.1 Å². The highest BCUT2D eigenvalue weighted by atomic mass is 32.2. The number of hydrogen-bond donors (Lipinski definition) is 0. The lowest BCUT2D eigenvalue weighted by atomic mass is 10.4. The molecule has 0 saturated heterocycles. The van der Waals surface area contributed by atoms with E-state index in [1.165, 1.54) is 12.1 Å². The van der Waals surface area contributed by atoms with Crippen LogP contribution in [0.4, 0.5) is 8.78 Å². The Morgan fingerprint density at radius 3 is 1.62 bits per heavy atom. The summed E-state index contributed by atoms with van der Waals surface area (Å²) in [6, 6.07) is 4.28. The monoisotopic (exact) mass is 346 g/mol. The van der Waals surface area contributed by atoms with Crippen LogP contribution in [0.5, 0.6) is 0 Å². The second kappa shape index (κ2) is 5.55. The summed E-state index contributed by atoms with van der Waals surface area (Å²) in [4.78, 5) is -1.53. The lowest BCUT2D eigenvalue weighted by Crippen LogP contribution is -2.28. The fourth-order valence-corrected chi connectivity index (χ4v) is 3.68. The highest BCUT2D eigenvalue weighted by Gasteiger charge is 2.36. The van der Waals surface area contributed by atoms with Crippen molar-refractivity contribution >= 4 is 20.2 Å².